The van der Waals surface area contributed by atoms with Crippen LogP contribution in [-0.4, -0.2) is 29.7 Å². The fraction of sp³-hybridized carbons (Fsp3) is 0.786. The van der Waals surface area contributed by atoms with E-state index in [4.69, 9.17) is 5.73 Å². The topological polar surface area (TPSA) is 47.1 Å². The number of imidazole rings is 1. The zero-order valence-electron chi connectivity index (χ0n) is 11.7. The zero-order valence-corrected chi connectivity index (χ0v) is 11.7. The fourth-order valence-corrected chi connectivity index (χ4v) is 2.84. The number of aromatic nitrogens is 2. The number of hydrogen-bond acceptors (Lipinski definition) is 3. The van der Waals surface area contributed by atoms with Crippen LogP contribution in [0.2, 0.25) is 0 Å². The van der Waals surface area contributed by atoms with Crippen molar-refractivity contribution in [3.05, 3.63) is 11.9 Å². The Morgan fingerprint density at radius 1 is 1.39 bits per heavy atom. The second-order valence-electron chi connectivity index (χ2n) is 5.45. The lowest BCUT2D eigenvalue weighted by atomic mass is 9.95. The second-order valence-corrected chi connectivity index (χ2v) is 5.45. The molecule has 1 aromatic rings. The van der Waals surface area contributed by atoms with Gasteiger partial charge in [-0.3, -0.25) is 0 Å². The highest BCUT2D eigenvalue weighted by molar-refractivity contribution is 5.32. The van der Waals surface area contributed by atoms with Crippen LogP contribution in [-0.2, 0) is 0 Å². The molecule has 0 radical (unpaired) electrons. The highest BCUT2D eigenvalue weighted by atomic mass is 15.3. The SMILES string of the molecule is Cc1cn(C2CCCCC2)c(N(C)CCCN)n1. The van der Waals surface area contributed by atoms with Gasteiger partial charge in [0, 0.05) is 25.8 Å². The minimum absolute atomic E-state index is 0.648. The highest BCUT2D eigenvalue weighted by Gasteiger charge is 2.20. The smallest absolute Gasteiger partial charge is 0.205 e. The summed E-state index contributed by atoms with van der Waals surface area (Å²) in [6, 6.07) is 0.648. The van der Waals surface area contributed by atoms with Gasteiger partial charge in [0.2, 0.25) is 5.95 Å². The lowest BCUT2D eigenvalue weighted by Crippen LogP contribution is -2.26. The third kappa shape index (κ3) is 3.05. The van der Waals surface area contributed by atoms with Gasteiger partial charge in [-0.05, 0) is 32.7 Å². The number of anilines is 1. The first-order valence-electron chi connectivity index (χ1n) is 7.19. The third-order valence-electron chi connectivity index (χ3n) is 3.84. The van der Waals surface area contributed by atoms with Crippen molar-refractivity contribution >= 4 is 5.95 Å². The van der Waals surface area contributed by atoms with E-state index in [9.17, 15) is 0 Å². The summed E-state index contributed by atoms with van der Waals surface area (Å²) < 4.78 is 2.39. The molecule has 2 rings (SSSR count). The van der Waals surface area contributed by atoms with Crippen molar-refractivity contribution in [1.82, 2.24) is 9.55 Å². The maximum absolute atomic E-state index is 5.59. The van der Waals surface area contributed by atoms with Crippen LogP contribution in [0.15, 0.2) is 6.20 Å². The van der Waals surface area contributed by atoms with E-state index in [0.717, 1.165) is 31.2 Å². The molecule has 18 heavy (non-hydrogen) atoms. The minimum atomic E-state index is 0.648. The molecule has 4 nitrogen and oxygen atoms in total. The van der Waals surface area contributed by atoms with Crippen LogP contribution in [0.4, 0.5) is 5.95 Å². The van der Waals surface area contributed by atoms with E-state index in [1.54, 1.807) is 0 Å². The molecule has 0 atom stereocenters. The molecule has 1 fully saturated rings. The summed E-state index contributed by atoms with van der Waals surface area (Å²) in [5.41, 5.74) is 6.71. The van der Waals surface area contributed by atoms with Crippen molar-refractivity contribution in [3.8, 4) is 0 Å². The molecule has 1 aromatic heterocycles. The van der Waals surface area contributed by atoms with Crippen LogP contribution < -0.4 is 10.6 Å². The van der Waals surface area contributed by atoms with Gasteiger partial charge in [0.25, 0.3) is 0 Å². The van der Waals surface area contributed by atoms with Gasteiger partial charge in [0.1, 0.15) is 0 Å². The van der Waals surface area contributed by atoms with Gasteiger partial charge < -0.3 is 15.2 Å². The van der Waals surface area contributed by atoms with Gasteiger partial charge in [-0.25, -0.2) is 4.98 Å². The van der Waals surface area contributed by atoms with Gasteiger partial charge in [-0.15, -0.1) is 0 Å². The van der Waals surface area contributed by atoms with Crippen molar-refractivity contribution in [2.24, 2.45) is 5.73 Å². The molecule has 102 valence electrons. The number of rotatable bonds is 5. The molecule has 0 aromatic carbocycles. The van der Waals surface area contributed by atoms with Crippen LogP contribution in [0.3, 0.4) is 0 Å². The molecule has 0 aliphatic heterocycles. The maximum Gasteiger partial charge on any atom is 0.205 e. The normalized spacial score (nSPS) is 17.1. The molecule has 0 unspecified atom stereocenters. The van der Waals surface area contributed by atoms with Crippen molar-refractivity contribution in [2.75, 3.05) is 25.0 Å². The standard InChI is InChI=1S/C14H26N4/c1-12-11-18(13-7-4-3-5-8-13)14(16-12)17(2)10-6-9-15/h11,13H,3-10,15H2,1-2H3. The Bertz CT molecular complexity index is 366. The Labute approximate surface area is 110 Å². The number of hydrogen-bond donors (Lipinski definition) is 1. The lowest BCUT2D eigenvalue weighted by Gasteiger charge is -2.27. The summed E-state index contributed by atoms with van der Waals surface area (Å²) in [4.78, 5) is 6.93. The molecule has 4 heteroatoms. The lowest BCUT2D eigenvalue weighted by molar-refractivity contribution is 0.353. The van der Waals surface area contributed by atoms with Crippen molar-refractivity contribution in [1.29, 1.82) is 0 Å². The van der Waals surface area contributed by atoms with E-state index in [1.165, 1.54) is 32.1 Å². The van der Waals surface area contributed by atoms with E-state index >= 15 is 0 Å². The number of nitrogens with zero attached hydrogens (tertiary/aromatic N) is 3. The van der Waals surface area contributed by atoms with Crippen molar-refractivity contribution < 1.29 is 0 Å². The number of aryl methyl sites for hydroxylation is 1. The zero-order chi connectivity index (χ0) is 13.0. The first-order valence-corrected chi connectivity index (χ1v) is 7.19. The molecule has 0 spiro atoms. The molecule has 0 amide bonds. The Kier molecular flexibility index (Phi) is 4.64. The molecule has 1 aliphatic carbocycles. The van der Waals surface area contributed by atoms with Crippen LogP contribution >= 0.6 is 0 Å². The first-order chi connectivity index (χ1) is 8.72. The highest BCUT2D eigenvalue weighted by Crippen LogP contribution is 2.31. The van der Waals surface area contributed by atoms with E-state index in [2.05, 4.69) is 34.6 Å². The largest absolute Gasteiger partial charge is 0.345 e. The van der Waals surface area contributed by atoms with E-state index in [-0.39, 0.29) is 0 Å². The second kappa shape index (κ2) is 6.23. The molecule has 1 heterocycles. The third-order valence-corrected chi connectivity index (χ3v) is 3.84. The average molecular weight is 250 g/mol. The molecule has 0 saturated heterocycles. The molecule has 2 N–H and O–H groups in total. The fourth-order valence-electron chi connectivity index (χ4n) is 2.84. The van der Waals surface area contributed by atoms with Crippen molar-refractivity contribution in [2.45, 2.75) is 51.5 Å². The van der Waals surface area contributed by atoms with Crippen LogP contribution in [0.25, 0.3) is 0 Å². The van der Waals surface area contributed by atoms with Gasteiger partial charge >= 0.3 is 0 Å². The molecular formula is C14H26N4. The predicted octanol–water partition coefficient (Wildman–Crippen LogP) is 2.48. The van der Waals surface area contributed by atoms with E-state index in [0.29, 0.717) is 6.04 Å². The van der Waals surface area contributed by atoms with E-state index < -0.39 is 0 Å². The Morgan fingerprint density at radius 2 is 2.11 bits per heavy atom. The van der Waals surface area contributed by atoms with Crippen LogP contribution in [0, 0.1) is 6.92 Å². The maximum atomic E-state index is 5.59. The Morgan fingerprint density at radius 3 is 2.78 bits per heavy atom. The Balaban J connectivity index is 2.13. The summed E-state index contributed by atoms with van der Waals surface area (Å²) in [6.45, 7) is 3.81. The quantitative estimate of drug-likeness (QED) is 0.873. The van der Waals surface area contributed by atoms with Crippen LogP contribution in [0.1, 0.15) is 50.3 Å². The van der Waals surface area contributed by atoms with E-state index in [1.807, 2.05) is 0 Å². The van der Waals surface area contributed by atoms with Crippen molar-refractivity contribution in [3.63, 3.8) is 0 Å². The van der Waals surface area contributed by atoms with Gasteiger partial charge in [-0.2, -0.15) is 0 Å². The molecular weight excluding hydrogens is 224 g/mol. The van der Waals surface area contributed by atoms with Gasteiger partial charge in [0.05, 0.1) is 5.69 Å². The first kappa shape index (κ1) is 13.4. The Hall–Kier alpha value is -1.03. The molecule has 1 aliphatic rings. The minimum Gasteiger partial charge on any atom is -0.345 e. The number of nitrogens with two attached hydrogens (primary N) is 1. The molecule has 1 saturated carbocycles. The summed E-state index contributed by atoms with van der Waals surface area (Å²) >= 11 is 0. The summed E-state index contributed by atoms with van der Waals surface area (Å²) in [5.74, 6) is 1.12. The van der Waals surface area contributed by atoms with Crippen LogP contribution in [0.5, 0.6) is 0 Å². The summed E-state index contributed by atoms with van der Waals surface area (Å²) in [5, 5.41) is 0. The summed E-state index contributed by atoms with van der Waals surface area (Å²) in [7, 11) is 2.12. The average Bonchev–Trinajstić information content (AvgIpc) is 2.79. The summed E-state index contributed by atoms with van der Waals surface area (Å²) in [6.07, 6.45) is 9.93. The predicted molar refractivity (Wildman–Crippen MR) is 76.0 cm³/mol. The molecule has 0 bridgehead atoms. The van der Waals surface area contributed by atoms with Gasteiger partial charge in [0.15, 0.2) is 0 Å². The van der Waals surface area contributed by atoms with Gasteiger partial charge in [-0.1, -0.05) is 19.3 Å². The monoisotopic (exact) mass is 250 g/mol.